The lowest BCUT2D eigenvalue weighted by molar-refractivity contribution is -0.0930. The van der Waals surface area contributed by atoms with Crippen molar-refractivity contribution >= 4 is 0 Å². The highest BCUT2D eigenvalue weighted by Gasteiger charge is 2.33. The van der Waals surface area contributed by atoms with Crippen LogP contribution in [0.5, 0.6) is 0 Å². The van der Waals surface area contributed by atoms with E-state index in [0.717, 1.165) is 31.9 Å². The third-order valence-corrected chi connectivity index (χ3v) is 3.94. The molecule has 1 saturated heterocycles. The highest BCUT2D eigenvalue weighted by molar-refractivity contribution is 4.88. The van der Waals surface area contributed by atoms with E-state index in [1.807, 2.05) is 0 Å². The molecule has 1 atom stereocenters. The van der Waals surface area contributed by atoms with Gasteiger partial charge in [-0.05, 0) is 44.6 Å². The fourth-order valence-corrected chi connectivity index (χ4v) is 2.52. The van der Waals surface area contributed by atoms with E-state index in [4.69, 9.17) is 4.74 Å². The molecule has 16 heavy (non-hydrogen) atoms. The molecule has 0 spiro atoms. The smallest absolute Gasteiger partial charge is 0.0692 e. The minimum atomic E-state index is 0.160. The standard InChI is InChI=1S/C14H29NO/c1-5-14(6-2)11-13(8-10-16-14)15-9-7-12(3)4/h12-13,15H,5-11H2,1-4H3. The molecule has 1 aliphatic heterocycles. The van der Waals surface area contributed by atoms with Gasteiger partial charge in [0, 0.05) is 12.6 Å². The van der Waals surface area contributed by atoms with E-state index >= 15 is 0 Å². The predicted octanol–water partition coefficient (Wildman–Crippen LogP) is 3.36. The van der Waals surface area contributed by atoms with Gasteiger partial charge in [0.15, 0.2) is 0 Å². The first-order valence-corrected chi connectivity index (χ1v) is 6.99. The Hall–Kier alpha value is -0.0800. The monoisotopic (exact) mass is 227 g/mol. The van der Waals surface area contributed by atoms with Crippen molar-refractivity contribution in [1.29, 1.82) is 0 Å². The number of hydrogen-bond donors (Lipinski definition) is 1. The molecular weight excluding hydrogens is 198 g/mol. The molecule has 0 saturated carbocycles. The third-order valence-electron chi connectivity index (χ3n) is 3.94. The molecule has 0 radical (unpaired) electrons. The highest BCUT2D eigenvalue weighted by Crippen LogP contribution is 2.31. The maximum Gasteiger partial charge on any atom is 0.0692 e. The molecule has 1 heterocycles. The average molecular weight is 227 g/mol. The molecule has 1 N–H and O–H groups in total. The van der Waals surface area contributed by atoms with Gasteiger partial charge < -0.3 is 10.1 Å². The number of ether oxygens (including phenoxy) is 1. The van der Waals surface area contributed by atoms with Crippen LogP contribution >= 0.6 is 0 Å². The molecule has 0 aromatic heterocycles. The summed E-state index contributed by atoms with van der Waals surface area (Å²) in [7, 11) is 0. The zero-order chi connectivity index (χ0) is 12.0. The van der Waals surface area contributed by atoms with Crippen LogP contribution in [0.4, 0.5) is 0 Å². The van der Waals surface area contributed by atoms with Crippen molar-refractivity contribution in [1.82, 2.24) is 5.32 Å². The van der Waals surface area contributed by atoms with Crippen LogP contribution < -0.4 is 5.32 Å². The van der Waals surface area contributed by atoms with Crippen LogP contribution in [-0.4, -0.2) is 24.8 Å². The molecule has 1 rings (SSSR count). The van der Waals surface area contributed by atoms with E-state index in [1.165, 1.54) is 19.3 Å². The van der Waals surface area contributed by atoms with Gasteiger partial charge in [-0.1, -0.05) is 27.7 Å². The first-order valence-electron chi connectivity index (χ1n) is 6.99. The van der Waals surface area contributed by atoms with Crippen LogP contribution in [0, 0.1) is 5.92 Å². The van der Waals surface area contributed by atoms with Crippen LogP contribution in [0.2, 0.25) is 0 Å². The van der Waals surface area contributed by atoms with Crippen LogP contribution in [-0.2, 0) is 4.74 Å². The molecule has 0 aromatic carbocycles. The largest absolute Gasteiger partial charge is 0.375 e. The van der Waals surface area contributed by atoms with Gasteiger partial charge >= 0.3 is 0 Å². The molecule has 0 bridgehead atoms. The maximum atomic E-state index is 5.98. The van der Waals surface area contributed by atoms with Crippen molar-refractivity contribution in [3.63, 3.8) is 0 Å². The van der Waals surface area contributed by atoms with Gasteiger partial charge in [0.1, 0.15) is 0 Å². The average Bonchev–Trinajstić information content (AvgIpc) is 2.29. The summed E-state index contributed by atoms with van der Waals surface area (Å²) in [4.78, 5) is 0. The molecule has 2 heteroatoms. The van der Waals surface area contributed by atoms with E-state index in [2.05, 4.69) is 33.0 Å². The van der Waals surface area contributed by atoms with Gasteiger partial charge in [-0.2, -0.15) is 0 Å². The Morgan fingerprint density at radius 2 is 2.00 bits per heavy atom. The van der Waals surface area contributed by atoms with E-state index < -0.39 is 0 Å². The first kappa shape index (κ1) is 14.0. The second-order valence-corrected chi connectivity index (χ2v) is 5.56. The summed E-state index contributed by atoms with van der Waals surface area (Å²) in [5.41, 5.74) is 0.160. The summed E-state index contributed by atoms with van der Waals surface area (Å²) in [6.07, 6.45) is 5.94. The van der Waals surface area contributed by atoms with Crippen molar-refractivity contribution < 1.29 is 4.74 Å². The van der Waals surface area contributed by atoms with Gasteiger partial charge in [-0.15, -0.1) is 0 Å². The van der Waals surface area contributed by atoms with Gasteiger partial charge in [-0.25, -0.2) is 0 Å². The van der Waals surface area contributed by atoms with Gasteiger partial charge in [0.05, 0.1) is 5.60 Å². The van der Waals surface area contributed by atoms with E-state index in [-0.39, 0.29) is 5.60 Å². The minimum Gasteiger partial charge on any atom is -0.375 e. The van der Waals surface area contributed by atoms with Crippen LogP contribution in [0.3, 0.4) is 0 Å². The number of hydrogen-bond acceptors (Lipinski definition) is 2. The normalized spacial score (nSPS) is 24.9. The lowest BCUT2D eigenvalue weighted by Crippen LogP contribution is -2.46. The summed E-state index contributed by atoms with van der Waals surface area (Å²) >= 11 is 0. The molecule has 0 aromatic rings. The van der Waals surface area contributed by atoms with Crippen molar-refractivity contribution in [2.24, 2.45) is 5.92 Å². The zero-order valence-electron chi connectivity index (χ0n) is 11.5. The summed E-state index contributed by atoms with van der Waals surface area (Å²) < 4.78 is 5.98. The summed E-state index contributed by atoms with van der Waals surface area (Å²) in [5.74, 6) is 0.800. The first-order chi connectivity index (χ1) is 7.62. The minimum absolute atomic E-state index is 0.160. The molecule has 0 aliphatic carbocycles. The highest BCUT2D eigenvalue weighted by atomic mass is 16.5. The number of nitrogens with one attached hydrogen (secondary N) is 1. The maximum absolute atomic E-state index is 5.98. The predicted molar refractivity (Wildman–Crippen MR) is 69.7 cm³/mol. The second kappa shape index (κ2) is 6.61. The third kappa shape index (κ3) is 4.06. The molecule has 1 aliphatic rings. The topological polar surface area (TPSA) is 21.3 Å². The van der Waals surface area contributed by atoms with Gasteiger partial charge in [0.25, 0.3) is 0 Å². The van der Waals surface area contributed by atoms with Gasteiger partial charge in [0.2, 0.25) is 0 Å². The zero-order valence-corrected chi connectivity index (χ0v) is 11.5. The molecule has 1 fully saturated rings. The van der Waals surface area contributed by atoms with Crippen LogP contribution in [0.15, 0.2) is 0 Å². The van der Waals surface area contributed by atoms with Crippen molar-refractivity contribution in [3.05, 3.63) is 0 Å². The molecule has 0 amide bonds. The van der Waals surface area contributed by atoms with E-state index in [1.54, 1.807) is 0 Å². The Kier molecular flexibility index (Phi) is 5.77. The molecule has 1 unspecified atom stereocenters. The Bertz CT molecular complexity index is 187. The Morgan fingerprint density at radius 1 is 1.31 bits per heavy atom. The van der Waals surface area contributed by atoms with Crippen molar-refractivity contribution in [3.8, 4) is 0 Å². The lowest BCUT2D eigenvalue weighted by Gasteiger charge is -2.40. The second-order valence-electron chi connectivity index (χ2n) is 5.56. The Balaban J connectivity index is 2.32. The quantitative estimate of drug-likeness (QED) is 0.751. The lowest BCUT2D eigenvalue weighted by atomic mass is 9.86. The Labute approximate surface area is 101 Å². The Morgan fingerprint density at radius 3 is 2.56 bits per heavy atom. The van der Waals surface area contributed by atoms with Crippen molar-refractivity contribution in [2.75, 3.05) is 13.2 Å². The molecule has 2 nitrogen and oxygen atoms in total. The molecular formula is C14H29NO. The number of rotatable bonds is 6. The fourth-order valence-electron chi connectivity index (χ4n) is 2.52. The SMILES string of the molecule is CCC1(CC)CC(NCCC(C)C)CCO1. The fraction of sp³-hybridized carbons (Fsp3) is 1.00. The summed E-state index contributed by atoms with van der Waals surface area (Å²) in [5, 5.41) is 3.70. The molecule has 96 valence electrons. The summed E-state index contributed by atoms with van der Waals surface area (Å²) in [6, 6.07) is 0.674. The van der Waals surface area contributed by atoms with Gasteiger partial charge in [-0.3, -0.25) is 0 Å². The van der Waals surface area contributed by atoms with Crippen LogP contribution in [0.1, 0.15) is 59.8 Å². The van der Waals surface area contributed by atoms with E-state index in [0.29, 0.717) is 6.04 Å². The summed E-state index contributed by atoms with van der Waals surface area (Å²) in [6.45, 7) is 11.2. The van der Waals surface area contributed by atoms with E-state index in [9.17, 15) is 0 Å². The van der Waals surface area contributed by atoms with Crippen molar-refractivity contribution in [2.45, 2.75) is 71.4 Å². The van der Waals surface area contributed by atoms with Crippen LogP contribution in [0.25, 0.3) is 0 Å².